The smallest absolute Gasteiger partial charge is 0.177 e. The van der Waals surface area contributed by atoms with Crippen LogP contribution in [-0.4, -0.2) is 25.3 Å². The SMILES string of the molecule is CC(C)(C)CC(C)(C)n1nnnc1CO. The Morgan fingerprint density at radius 1 is 1.20 bits per heavy atom. The molecule has 1 aromatic heterocycles. The molecule has 0 saturated carbocycles. The molecule has 1 aromatic rings. The topological polar surface area (TPSA) is 63.8 Å². The number of nitrogens with zero attached hydrogens (tertiary/aromatic N) is 4. The number of aromatic nitrogens is 4. The maximum Gasteiger partial charge on any atom is 0.177 e. The molecule has 0 radical (unpaired) electrons. The van der Waals surface area contributed by atoms with Gasteiger partial charge in [-0.25, -0.2) is 4.68 Å². The molecule has 86 valence electrons. The van der Waals surface area contributed by atoms with Gasteiger partial charge in [0.15, 0.2) is 5.82 Å². The van der Waals surface area contributed by atoms with Crippen molar-refractivity contribution in [1.82, 2.24) is 20.2 Å². The van der Waals surface area contributed by atoms with Crippen LogP contribution < -0.4 is 0 Å². The molecule has 1 N–H and O–H groups in total. The maximum absolute atomic E-state index is 9.11. The van der Waals surface area contributed by atoms with Crippen molar-refractivity contribution < 1.29 is 5.11 Å². The van der Waals surface area contributed by atoms with E-state index in [9.17, 15) is 0 Å². The van der Waals surface area contributed by atoms with Gasteiger partial charge in [-0.2, -0.15) is 0 Å². The van der Waals surface area contributed by atoms with Crippen LogP contribution in [0.1, 0.15) is 46.9 Å². The van der Waals surface area contributed by atoms with Crippen LogP contribution >= 0.6 is 0 Å². The fourth-order valence-corrected chi connectivity index (χ4v) is 2.15. The summed E-state index contributed by atoms with van der Waals surface area (Å²) >= 11 is 0. The highest BCUT2D eigenvalue weighted by Gasteiger charge is 2.30. The van der Waals surface area contributed by atoms with Gasteiger partial charge in [0, 0.05) is 0 Å². The van der Waals surface area contributed by atoms with E-state index in [0.29, 0.717) is 5.82 Å². The number of aliphatic hydroxyl groups is 1. The van der Waals surface area contributed by atoms with Crippen molar-refractivity contribution in [2.24, 2.45) is 5.41 Å². The third kappa shape index (κ3) is 2.99. The van der Waals surface area contributed by atoms with Gasteiger partial charge in [-0.05, 0) is 36.1 Å². The molecule has 0 atom stereocenters. The predicted molar refractivity (Wildman–Crippen MR) is 57.1 cm³/mol. The van der Waals surface area contributed by atoms with Crippen LogP contribution in [-0.2, 0) is 12.1 Å². The molecular weight excluding hydrogens is 192 g/mol. The Morgan fingerprint density at radius 2 is 1.80 bits per heavy atom. The Morgan fingerprint density at radius 3 is 2.27 bits per heavy atom. The van der Waals surface area contributed by atoms with Crippen LogP contribution in [0, 0.1) is 5.41 Å². The quantitative estimate of drug-likeness (QED) is 0.821. The van der Waals surface area contributed by atoms with Crippen LogP contribution in [0.15, 0.2) is 0 Å². The number of rotatable bonds is 3. The minimum atomic E-state index is -0.181. The molecule has 15 heavy (non-hydrogen) atoms. The van der Waals surface area contributed by atoms with E-state index >= 15 is 0 Å². The van der Waals surface area contributed by atoms with Crippen molar-refractivity contribution >= 4 is 0 Å². The normalized spacial score (nSPS) is 13.2. The molecule has 0 spiro atoms. The molecule has 5 heteroatoms. The fraction of sp³-hybridized carbons (Fsp3) is 0.900. The van der Waals surface area contributed by atoms with Crippen molar-refractivity contribution in [3.8, 4) is 0 Å². The van der Waals surface area contributed by atoms with E-state index in [0.717, 1.165) is 6.42 Å². The minimum absolute atomic E-state index is 0.124. The fourth-order valence-electron chi connectivity index (χ4n) is 2.15. The van der Waals surface area contributed by atoms with E-state index in [-0.39, 0.29) is 17.6 Å². The van der Waals surface area contributed by atoms with E-state index in [1.54, 1.807) is 4.68 Å². The molecule has 0 aliphatic rings. The zero-order valence-electron chi connectivity index (χ0n) is 10.2. The van der Waals surface area contributed by atoms with Gasteiger partial charge in [0.1, 0.15) is 6.61 Å². The highest BCUT2D eigenvalue weighted by molar-refractivity contribution is 4.88. The summed E-state index contributed by atoms with van der Waals surface area (Å²) in [5.74, 6) is 0.518. The average Bonchev–Trinajstić information content (AvgIpc) is 2.46. The van der Waals surface area contributed by atoms with Crippen molar-refractivity contribution in [3.63, 3.8) is 0 Å². The second-order valence-corrected chi connectivity index (χ2v) is 5.71. The van der Waals surface area contributed by atoms with Gasteiger partial charge in [0.25, 0.3) is 0 Å². The summed E-state index contributed by atoms with van der Waals surface area (Å²) in [6.07, 6.45) is 0.942. The Bertz CT molecular complexity index is 324. The molecule has 0 aliphatic heterocycles. The number of tetrazole rings is 1. The summed E-state index contributed by atoms with van der Waals surface area (Å²) in [6, 6.07) is 0. The van der Waals surface area contributed by atoms with E-state index in [2.05, 4.69) is 50.1 Å². The lowest BCUT2D eigenvalue weighted by atomic mass is 9.82. The number of hydrogen-bond donors (Lipinski definition) is 1. The summed E-state index contributed by atoms with van der Waals surface area (Å²) in [5, 5.41) is 20.4. The first-order valence-electron chi connectivity index (χ1n) is 5.15. The first-order valence-corrected chi connectivity index (χ1v) is 5.15. The lowest BCUT2D eigenvalue weighted by Crippen LogP contribution is -2.33. The maximum atomic E-state index is 9.11. The highest BCUT2D eigenvalue weighted by atomic mass is 16.3. The number of hydrogen-bond acceptors (Lipinski definition) is 4. The summed E-state index contributed by atoms with van der Waals surface area (Å²) in [7, 11) is 0. The van der Waals surface area contributed by atoms with Crippen LogP contribution in [0.5, 0.6) is 0 Å². The zero-order valence-corrected chi connectivity index (χ0v) is 10.2. The molecule has 0 bridgehead atoms. The largest absolute Gasteiger partial charge is 0.388 e. The first kappa shape index (κ1) is 12.1. The monoisotopic (exact) mass is 212 g/mol. The summed E-state index contributed by atoms with van der Waals surface area (Å²) in [6.45, 7) is 10.6. The lowest BCUT2D eigenvalue weighted by Gasteiger charge is -2.32. The molecule has 5 nitrogen and oxygen atoms in total. The van der Waals surface area contributed by atoms with Crippen LogP contribution in [0.3, 0.4) is 0 Å². The lowest BCUT2D eigenvalue weighted by molar-refractivity contribution is 0.175. The van der Waals surface area contributed by atoms with Crippen molar-refractivity contribution in [3.05, 3.63) is 5.82 Å². The Labute approximate surface area is 90.5 Å². The highest BCUT2D eigenvalue weighted by Crippen LogP contribution is 2.31. The van der Waals surface area contributed by atoms with Crippen molar-refractivity contribution in [2.45, 2.75) is 53.2 Å². The predicted octanol–water partition coefficient (Wildman–Crippen LogP) is 1.34. The van der Waals surface area contributed by atoms with Gasteiger partial charge >= 0.3 is 0 Å². The van der Waals surface area contributed by atoms with E-state index in [1.165, 1.54) is 0 Å². The van der Waals surface area contributed by atoms with Crippen LogP contribution in [0.2, 0.25) is 0 Å². The van der Waals surface area contributed by atoms with Crippen LogP contribution in [0.25, 0.3) is 0 Å². The van der Waals surface area contributed by atoms with Gasteiger partial charge in [-0.3, -0.25) is 0 Å². The zero-order chi connectivity index (χ0) is 11.7. The van der Waals surface area contributed by atoms with Gasteiger partial charge in [-0.1, -0.05) is 20.8 Å². The Kier molecular flexibility index (Phi) is 3.13. The van der Waals surface area contributed by atoms with E-state index in [4.69, 9.17) is 5.11 Å². The molecule has 0 amide bonds. The second kappa shape index (κ2) is 3.89. The average molecular weight is 212 g/mol. The van der Waals surface area contributed by atoms with Crippen molar-refractivity contribution in [1.29, 1.82) is 0 Å². The minimum Gasteiger partial charge on any atom is -0.388 e. The third-order valence-corrected chi connectivity index (χ3v) is 2.21. The van der Waals surface area contributed by atoms with Gasteiger partial charge in [0.2, 0.25) is 0 Å². The first-order chi connectivity index (χ1) is 6.76. The second-order valence-electron chi connectivity index (χ2n) is 5.71. The third-order valence-electron chi connectivity index (χ3n) is 2.21. The molecule has 0 unspecified atom stereocenters. The molecule has 0 aromatic carbocycles. The molecule has 1 rings (SSSR count). The van der Waals surface area contributed by atoms with Gasteiger partial charge < -0.3 is 5.11 Å². The molecular formula is C10H20N4O. The molecule has 0 fully saturated rings. The molecule has 1 heterocycles. The van der Waals surface area contributed by atoms with E-state index in [1.807, 2.05) is 0 Å². The van der Waals surface area contributed by atoms with Crippen molar-refractivity contribution in [2.75, 3.05) is 0 Å². The Hall–Kier alpha value is -0.970. The Balaban J connectivity index is 2.95. The standard InChI is InChI=1S/C10H20N4O/c1-9(2,3)7-10(4,5)14-8(6-15)11-12-13-14/h15H,6-7H2,1-5H3. The summed E-state index contributed by atoms with van der Waals surface area (Å²) in [5.41, 5.74) is 0.0159. The number of aliphatic hydroxyl groups excluding tert-OH is 1. The van der Waals surface area contributed by atoms with Gasteiger partial charge in [-0.15, -0.1) is 5.10 Å². The molecule has 0 saturated heterocycles. The summed E-state index contributed by atoms with van der Waals surface area (Å²) < 4.78 is 1.71. The van der Waals surface area contributed by atoms with Crippen LogP contribution in [0.4, 0.5) is 0 Å². The van der Waals surface area contributed by atoms with Gasteiger partial charge in [0.05, 0.1) is 5.54 Å². The summed E-state index contributed by atoms with van der Waals surface area (Å²) in [4.78, 5) is 0. The molecule has 0 aliphatic carbocycles. The van der Waals surface area contributed by atoms with E-state index < -0.39 is 0 Å².